The van der Waals surface area contributed by atoms with Gasteiger partial charge in [-0.05, 0) is 6.92 Å². The van der Waals surface area contributed by atoms with Crippen LogP contribution in [0, 0.1) is 0 Å². The fourth-order valence-corrected chi connectivity index (χ4v) is 2.16. The maximum atomic E-state index is 9.83. The lowest BCUT2D eigenvalue weighted by molar-refractivity contribution is -0.327. The molecule has 0 spiro atoms. The first-order valence-corrected chi connectivity index (χ1v) is 8.02. The second-order valence-electron chi connectivity index (χ2n) is 5.60. The van der Waals surface area contributed by atoms with Gasteiger partial charge in [0, 0.05) is 6.61 Å². The third kappa shape index (κ3) is 6.92. The Bertz CT molecular complexity index is 357. The molecule has 1 heterocycles. The van der Waals surface area contributed by atoms with Gasteiger partial charge in [-0.1, -0.05) is 0 Å². The zero-order chi connectivity index (χ0) is 20.4. The predicted molar refractivity (Wildman–Crippen MR) is 83.6 cm³/mol. The first kappa shape index (κ1) is 25.5. The second-order valence-corrected chi connectivity index (χ2v) is 5.60. The Hall–Kier alpha value is -0.480. The van der Waals surface area contributed by atoms with Crippen molar-refractivity contribution in [2.24, 2.45) is 0 Å². The van der Waals surface area contributed by atoms with Gasteiger partial charge >= 0.3 is 0 Å². The summed E-state index contributed by atoms with van der Waals surface area (Å²) in [6, 6.07) is 0. The molecule has 1 rings (SSSR count). The zero-order valence-electron chi connectivity index (χ0n) is 14.3. The number of hydrogen-bond acceptors (Lipinski definition) is 12. The summed E-state index contributed by atoms with van der Waals surface area (Å²) in [4.78, 5) is 0. The van der Waals surface area contributed by atoms with Gasteiger partial charge < -0.3 is 60.5 Å². The van der Waals surface area contributed by atoms with E-state index in [1.165, 1.54) is 0 Å². The summed E-state index contributed by atoms with van der Waals surface area (Å²) in [5.41, 5.74) is 0. The van der Waals surface area contributed by atoms with E-state index >= 15 is 0 Å². The van der Waals surface area contributed by atoms with Crippen molar-refractivity contribution in [1.29, 1.82) is 0 Å². The van der Waals surface area contributed by atoms with Crippen LogP contribution in [0.4, 0.5) is 0 Å². The third-order valence-electron chi connectivity index (χ3n) is 3.62. The summed E-state index contributed by atoms with van der Waals surface area (Å²) >= 11 is 0. The molecular formula is C14H30O12. The number of aliphatic hydroxyl groups excluding tert-OH is 10. The van der Waals surface area contributed by atoms with Crippen molar-refractivity contribution in [1.82, 2.24) is 0 Å². The fraction of sp³-hybridized carbons (Fsp3) is 1.00. The van der Waals surface area contributed by atoms with Gasteiger partial charge in [0.05, 0.1) is 19.8 Å². The minimum Gasteiger partial charge on any atom is -0.397 e. The highest BCUT2D eigenvalue weighted by molar-refractivity contribution is 4.91. The molecule has 0 amide bonds. The van der Waals surface area contributed by atoms with E-state index in [1.54, 1.807) is 6.92 Å². The molecule has 12 nitrogen and oxygen atoms in total. The zero-order valence-corrected chi connectivity index (χ0v) is 14.3. The second kappa shape index (κ2) is 12.8. The summed E-state index contributed by atoms with van der Waals surface area (Å²) in [6.45, 7) is -0.523. The van der Waals surface area contributed by atoms with Gasteiger partial charge in [0.1, 0.15) is 48.8 Å². The Balaban J connectivity index is 0.00000194. The molecule has 158 valence electrons. The summed E-state index contributed by atoms with van der Waals surface area (Å²) < 4.78 is 10.1. The van der Waals surface area contributed by atoms with E-state index in [9.17, 15) is 30.6 Å². The number of rotatable bonds is 8. The van der Waals surface area contributed by atoms with E-state index in [2.05, 4.69) is 0 Å². The van der Waals surface area contributed by atoms with Gasteiger partial charge in [-0.15, -0.1) is 0 Å². The van der Waals surface area contributed by atoms with E-state index < -0.39 is 74.9 Å². The third-order valence-corrected chi connectivity index (χ3v) is 3.62. The topological polar surface area (TPSA) is 221 Å². The van der Waals surface area contributed by atoms with Crippen molar-refractivity contribution in [2.75, 3.05) is 26.4 Å². The minimum absolute atomic E-state index is 0.250. The van der Waals surface area contributed by atoms with Crippen molar-refractivity contribution in [2.45, 2.75) is 62.0 Å². The van der Waals surface area contributed by atoms with Crippen LogP contribution in [0.2, 0.25) is 0 Å². The molecule has 9 atom stereocenters. The van der Waals surface area contributed by atoms with Crippen molar-refractivity contribution < 1.29 is 60.5 Å². The fourth-order valence-electron chi connectivity index (χ4n) is 2.16. The molecule has 0 aromatic rings. The van der Waals surface area contributed by atoms with Crippen LogP contribution in [-0.4, -0.2) is 133 Å². The predicted octanol–water partition coefficient (Wildman–Crippen LogP) is -5.76. The van der Waals surface area contributed by atoms with Crippen LogP contribution in [0.5, 0.6) is 0 Å². The molecule has 0 aliphatic carbocycles. The smallest absolute Gasteiger partial charge is 0.187 e. The van der Waals surface area contributed by atoms with Gasteiger partial charge in [0.25, 0.3) is 0 Å². The average molecular weight is 390 g/mol. The Labute approximate surface area is 150 Å². The van der Waals surface area contributed by atoms with E-state index in [1.807, 2.05) is 0 Å². The molecule has 0 saturated carbocycles. The molecule has 0 aromatic carbocycles. The van der Waals surface area contributed by atoms with E-state index in [-0.39, 0.29) is 6.61 Å². The van der Waals surface area contributed by atoms with Crippen LogP contribution < -0.4 is 0 Å². The molecule has 0 aromatic heterocycles. The maximum Gasteiger partial charge on any atom is 0.187 e. The van der Waals surface area contributed by atoms with Gasteiger partial charge in [-0.3, -0.25) is 0 Å². The SMILES string of the molecule is CCO.OC[C@@H](O)[C@@H](O[C@@H]1O[C@H](CO)[C@H](O)[C@H](O)[C@H]1O)[C@H](O)[C@@H](O)CO. The first-order valence-electron chi connectivity index (χ1n) is 8.02. The van der Waals surface area contributed by atoms with Crippen molar-refractivity contribution in [3.63, 3.8) is 0 Å². The van der Waals surface area contributed by atoms with Gasteiger partial charge in [0.2, 0.25) is 0 Å². The molecule has 26 heavy (non-hydrogen) atoms. The lowest BCUT2D eigenvalue weighted by Crippen LogP contribution is -2.61. The van der Waals surface area contributed by atoms with Crippen LogP contribution >= 0.6 is 0 Å². The Morgan fingerprint density at radius 3 is 1.77 bits per heavy atom. The molecule has 1 fully saturated rings. The molecule has 0 radical (unpaired) electrons. The van der Waals surface area contributed by atoms with Crippen LogP contribution in [0.1, 0.15) is 6.92 Å². The molecule has 10 N–H and O–H groups in total. The van der Waals surface area contributed by atoms with E-state index in [0.717, 1.165) is 0 Å². The molecule has 1 aliphatic rings. The number of hydrogen-bond donors (Lipinski definition) is 10. The quantitative estimate of drug-likeness (QED) is 0.187. The van der Waals surface area contributed by atoms with Crippen LogP contribution in [0.25, 0.3) is 0 Å². The average Bonchev–Trinajstić information content (AvgIpc) is 2.64. The monoisotopic (exact) mass is 390 g/mol. The number of aliphatic hydroxyl groups is 10. The first-order chi connectivity index (χ1) is 12.2. The Morgan fingerprint density at radius 1 is 0.846 bits per heavy atom. The van der Waals surface area contributed by atoms with Crippen LogP contribution in [0.15, 0.2) is 0 Å². The van der Waals surface area contributed by atoms with Crippen molar-refractivity contribution >= 4 is 0 Å². The molecule has 1 aliphatic heterocycles. The molecule has 0 bridgehead atoms. The standard InChI is InChI=1S/C12H24O11.C2H6O/c13-1-4(16)7(18)11(5(17)2-14)23-12-10(21)9(20)8(19)6(3-15)22-12;1-2-3/h4-21H,1-3H2;3H,2H2,1H3/t4-,5+,6+,7+,8-,9-,10+,11+,12-;/m0./s1. The van der Waals surface area contributed by atoms with Crippen molar-refractivity contribution in [3.8, 4) is 0 Å². The minimum atomic E-state index is -1.85. The molecule has 0 unspecified atom stereocenters. The highest BCUT2D eigenvalue weighted by Gasteiger charge is 2.46. The Kier molecular flexibility index (Phi) is 12.6. The van der Waals surface area contributed by atoms with Gasteiger partial charge in [-0.2, -0.15) is 0 Å². The maximum absolute atomic E-state index is 9.83. The highest BCUT2D eigenvalue weighted by Crippen LogP contribution is 2.24. The summed E-state index contributed by atoms with van der Waals surface area (Å²) in [6.07, 6.45) is -15.1. The highest BCUT2D eigenvalue weighted by atomic mass is 16.7. The van der Waals surface area contributed by atoms with Gasteiger partial charge in [0.15, 0.2) is 6.29 Å². The molecule has 1 saturated heterocycles. The summed E-state index contributed by atoms with van der Waals surface area (Å²) in [5, 5.41) is 92.5. The lowest BCUT2D eigenvalue weighted by Gasteiger charge is -2.42. The van der Waals surface area contributed by atoms with E-state index in [4.69, 9.17) is 29.9 Å². The summed E-state index contributed by atoms with van der Waals surface area (Å²) in [5.74, 6) is 0. The number of ether oxygens (including phenoxy) is 2. The normalized spacial score (nSPS) is 33.6. The Morgan fingerprint density at radius 2 is 1.35 bits per heavy atom. The van der Waals surface area contributed by atoms with Crippen molar-refractivity contribution in [3.05, 3.63) is 0 Å². The largest absolute Gasteiger partial charge is 0.397 e. The van der Waals surface area contributed by atoms with E-state index in [0.29, 0.717) is 0 Å². The van der Waals surface area contributed by atoms with Gasteiger partial charge in [-0.25, -0.2) is 0 Å². The molecular weight excluding hydrogens is 360 g/mol. The molecule has 12 heteroatoms. The lowest BCUT2D eigenvalue weighted by atomic mass is 9.98. The van der Waals surface area contributed by atoms with Crippen LogP contribution in [0.3, 0.4) is 0 Å². The summed E-state index contributed by atoms with van der Waals surface area (Å²) in [7, 11) is 0. The van der Waals surface area contributed by atoms with Crippen LogP contribution in [-0.2, 0) is 9.47 Å².